The molecule has 0 spiro atoms. The number of likely N-dealkylation sites (tertiary alicyclic amines) is 1. The first kappa shape index (κ1) is 18.1. The van der Waals surface area contributed by atoms with Gasteiger partial charge in [0.05, 0.1) is 11.4 Å². The van der Waals surface area contributed by atoms with E-state index in [9.17, 15) is 4.79 Å². The van der Waals surface area contributed by atoms with E-state index in [1.54, 1.807) is 0 Å². The molecule has 2 aliphatic heterocycles. The molecule has 1 aromatic heterocycles. The van der Waals surface area contributed by atoms with Gasteiger partial charge in [0, 0.05) is 49.8 Å². The molecule has 1 amide bonds. The van der Waals surface area contributed by atoms with Gasteiger partial charge in [0.15, 0.2) is 0 Å². The smallest absolute Gasteiger partial charge is 0.253 e. The van der Waals surface area contributed by atoms with E-state index in [0.717, 1.165) is 62.4 Å². The molecule has 1 saturated heterocycles. The zero-order valence-electron chi connectivity index (χ0n) is 16.6. The summed E-state index contributed by atoms with van der Waals surface area (Å²) in [5, 5.41) is 0. The van der Waals surface area contributed by atoms with Crippen molar-refractivity contribution in [3.05, 3.63) is 77.6 Å². The lowest BCUT2D eigenvalue weighted by Crippen LogP contribution is -2.48. The number of fused-ring (bicyclic) bond motifs is 1. The minimum absolute atomic E-state index is 0.158. The predicted molar refractivity (Wildman–Crippen MR) is 114 cm³/mol. The Balaban J connectivity index is 1.22. The number of benzene rings is 2. The molecule has 0 radical (unpaired) electrons. The normalized spacial score (nSPS) is 17.9. The van der Waals surface area contributed by atoms with E-state index in [2.05, 4.69) is 22.0 Å². The third-order valence-electron chi connectivity index (χ3n) is 6.20. The Hall–Kier alpha value is -2.92. The molecule has 148 valence electrons. The topological polar surface area (TPSA) is 52.2 Å². The zero-order chi connectivity index (χ0) is 19.6. The van der Waals surface area contributed by atoms with Crippen LogP contribution < -0.4 is 0 Å². The lowest BCUT2D eigenvalue weighted by atomic mass is 9.99. The lowest BCUT2D eigenvalue weighted by Gasteiger charge is -2.39. The number of aromatic amines is 1. The number of H-pyrrole nitrogens is 1. The third-order valence-corrected chi connectivity index (χ3v) is 6.20. The zero-order valence-corrected chi connectivity index (χ0v) is 16.6. The Morgan fingerprint density at radius 2 is 1.62 bits per heavy atom. The molecule has 0 atom stereocenters. The first-order chi connectivity index (χ1) is 14.3. The highest BCUT2D eigenvalue weighted by Gasteiger charge is 2.30. The average molecular weight is 386 g/mol. The Morgan fingerprint density at radius 3 is 2.34 bits per heavy atom. The first-order valence-corrected chi connectivity index (χ1v) is 10.5. The van der Waals surface area contributed by atoms with E-state index in [4.69, 9.17) is 4.98 Å². The van der Waals surface area contributed by atoms with Crippen LogP contribution in [0.3, 0.4) is 0 Å². The number of carbonyl (C=O) groups is 1. The second-order valence-corrected chi connectivity index (χ2v) is 7.99. The van der Waals surface area contributed by atoms with Gasteiger partial charge in [-0.2, -0.15) is 0 Å². The Kier molecular flexibility index (Phi) is 4.90. The summed E-state index contributed by atoms with van der Waals surface area (Å²) >= 11 is 0. The van der Waals surface area contributed by atoms with E-state index in [1.807, 2.05) is 53.4 Å². The Bertz CT molecular complexity index is 975. The van der Waals surface area contributed by atoms with Crippen LogP contribution in [0.5, 0.6) is 0 Å². The van der Waals surface area contributed by atoms with Crippen LogP contribution in [0, 0.1) is 0 Å². The molecule has 3 aromatic rings. The van der Waals surface area contributed by atoms with Gasteiger partial charge in [0.1, 0.15) is 5.82 Å². The van der Waals surface area contributed by atoms with Crippen LogP contribution >= 0.6 is 0 Å². The van der Waals surface area contributed by atoms with Gasteiger partial charge in [-0.05, 0) is 25.0 Å². The number of amides is 1. The molecule has 5 rings (SSSR count). The molecular weight excluding hydrogens is 360 g/mol. The molecule has 0 saturated carbocycles. The van der Waals surface area contributed by atoms with Crippen molar-refractivity contribution in [1.82, 2.24) is 19.8 Å². The van der Waals surface area contributed by atoms with Crippen molar-refractivity contribution in [2.24, 2.45) is 0 Å². The predicted octanol–water partition coefficient (Wildman–Crippen LogP) is 3.74. The largest absolute Gasteiger partial charge is 0.341 e. The summed E-state index contributed by atoms with van der Waals surface area (Å²) in [5.74, 6) is 1.13. The highest BCUT2D eigenvalue weighted by molar-refractivity contribution is 5.94. The molecule has 2 aromatic carbocycles. The Morgan fingerprint density at radius 1 is 0.931 bits per heavy atom. The monoisotopic (exact) mass is 386 g/mol. The van der Waals surface area contributed by atoms with Gasteiger partial charge >= 0.3 is 0 Å². The van der Waals surface area contributed by atoms with Gasteiger partial charge in [-0.15, -0.1) is 0 Å². The van der Waals surface area contributed by atoms with Crippen molar-refractivity contribution in [2.75, 3.05) is 19.6 Å². The van der Waals surface area contributed by atoms with E-state index >= 15 is 0 Å². The molecule has 2 aliphatic rings. The maximum Gasteiger partial charge on any atom is 0.253 e. The minimum atomic E-state index is 0.158. The highest BCUT2D eigenvalue weighted by Crippen LogP contribution is 2.27. The van der Waals surface area contributed by atoms with Gasteiger partial charge in [-0.25, -0.2) is 4.98 Å². The van der Waals surface area contributed by atoms with Crippen molar-refractivity contribution in [3.63, 3.8) is 0 Å². The fraction of sp³-hybridized carbons (Fsp3) is 0.333. The van der Waals surface area contributed by atoms with Crippen molar-refractivity contribution < 1.29 is 4.79 Å². The molecular formula is C24H26N4O. The number of imidazole rings is 1. The summed E-state index contributed by atoms with van der Waals surface area (Å²) in [6.07, 6.45) is 3.06. The summed E-state index contributed by atoms with van der Waals surface area (Å²) in [6, 6.07) is 20.5. The molecule has 0 aliphatic carbocycles. The fourth-order valence-electron chi connectivity index (χ4n) is 4.56. The summed E-state index contributed by atoms with van der Waals surface area (Å²) in [4.78, 5) is 25.6. The second kappa shape index (κ2) is 7.84. The van der Waals surface area contributed by atoms with Crippen molar-refractivity contribution in [3.8, 4) is 11.4 Å². The maximum absolute atomic E-state index is 12.7. The Labute approximate surface area is 171 Å². The number of hydrogen-bond donors (Lipinski definition) is 1. The molecule has 0 bridgehead atoms. The van der Waals surface area contributed by atoms with E-state index in [1.165, 1.54) is 11.4 Å². The molecule has 5 heteroatoms. The second-order valence-electron chi connectivity index (χ2n) is 7.99. The van der Waals surface area contributed by atoms with Crippen LogP contribution in [0.25, 0.3) is 11.4 Å². The highest BCUT2D eigenvalue weighted by atomic mass is 16.2. The number of nitrogens with one attached hydrogen (secondary N) is 1. The van der Waals surface area contributed by atoms with E-state index in [0.29, 0.717) is 6.04 Å². The van der Waals surface area contributed by atoms with Crippen LogP contribution in [0.2, 0.25) is 0 Å². The standard InChI is InChI=1S/C24H26N4O/c29-24(19-9-5-2-6-10-19)27-14-11-20(12-15-27)28-16-13-21-22(17-28)26-23(25-21)18-7-3-1-4-8-18/h1-10,20H,11-17H2,(H,25,26). The SMILES string of the molecule is O=C(c1ccccc1)N1CCC(N2CCc3nc(-c4ccccc4)[nH]c3C2)CC1. The molecule has 0 unspecified atom stereocenters. The molecule has 1 fully saturated rings. The van der Waals surface area contributed by atoms with E-state index < -0.39 is 0 Å². The van der Waals surface area contributed by atoms with Gasteiger partial charge < -0.3 is 9.88 Å². The van der Waals surface area contributed by atoms with Crippen LogP contribution in [-0.2, 0) is 13.0 Å². The number of hydrogen-bond acceptors (Lipinski definition) is 3. The number of rotatable bonds is 3. The van der Waals surface area contributed by atoms with E-state index in [-0.39, 0.29) is 5.91 Å². The van der Waals surface area contributed by atoms with Crippen LogP contribution in [0.15, 0.2) is 60.7 Å². The molecule has 5 nitrogen and oxygen atoms in total. The minimum Gasteiger partial charge on any atom is -0.341 e. The van der Waals surface area contributed by atoms with Gasteiger partial charge in [-0.1, -0.05) is 48.5 Å². The van der Waals surface area contributed by atoms with Crippen molar-refractivity contribution in [2.45, 2.75) is 31.8 Å². The van der Waals surface area contributed by atoms with Crippen LogP contribution in [-0.4, -0.2) is 51.4 Å². The quantitative estimate of drug-likeness (QED) is 0.746. The van der Waals surface area contributed by atoms with Gasteiger partial charge in [-0.3, -0.25) is 9.69 Å². The molecule has 1 N–H and O–H groups in total. The van der Waals surface area contributed by atoms with Crippen LogP contribution in [0.4, 0.5) is 0 Å². The molecule has 29 heavy (non-hydrogen) atoms. The van der Waals surface area contributed by atoms with Crippen LogP contribution in [0.1, 0.15) is 34.6 Å². The third kappa shape index (κ3) is 3.70. The number of piperidine rings is 1. The van der Waals surface area contributed by atoms with Crippen molar-refractivity contribution in [1.29, 1.82) is 0 Å². The summed E-state index contributed by atoms with van der Waals surface area (Å²) in [5.41, 5.74) is 4.38. The molecule has 3 heterocycles. The van der Waals surface area contributed by atoms with Crippen molar-refractivity contribution >= 4 is 5.91 Å². The summed E-state index contributed by atoms with van der Waals surface area (Å²) < 4.78 is 0. The van der Waals surface area contributed by atoms with Gasteiger partial charge in [0.25, 0.3) is 5.91 Å². The number of aromatic nitrogens is 2. The lowest BCUT2D eigenvalue weighted by molar-refractivity contribution is 0.0597. The average Bonchev–Trinajstić information content (AvgIpc) is 3.23. The fourth-order valence-corrected chi connectivity index (χ4v) is 4.56. The number of carbonyl (C=O) groups excluding carboxylic acids is 1. The number of nitrogens with zero attached hydrogens (tertiary/aromatic N) is 3. The summed E-state index contributed by atoms with van der Waals surface area (Å²) in [6.45, 7) is 3.63. The maximum atomic E-state index is 12.7. The first-order valence-electron chi connectivity index (χ1n) is 10.5. The summed E-state index contributed by atoms with van der Waals surface area (Å²) in [7, 11) is 0. The van der Waals surface area contributed by atoms with Gasteiger partial charge in [0.2, 0.25) is 0 Å².